The molecule has 0 aliphatic carbocycles. The second-order valence-corrected chi connectivity index (χ2v) is 8.61. The summed E-state index contributed by atoms with van der Waals surface area (Å²) in [5.41, 5.74) is 3.33. The highest BCUT2D eigenvalue weighted by atomic mass is 16.6. The number of fused-ring (bicyclic) bond motifs is 1. The van der Waals surface area contributed by atoms with Crippen molar-refractivity contribution in [2.45, 2.75) is 19.9 Å². The molecule has 2 heterocycles. The minimum absolute atomic E-state index is 0.122. The van der Waals surface area contributed by atoms with E-state index in [-0.39, 0.29) is 11.3 Å². The molecule has 10 nitrogen and oxygen atoms in total. The van der Waals surface area contributed by atoms with Crippen LogP contribution in [0.15, 0.2) is 84.1 Å². The van der Waals surface area contributed by atoms with Crippen LogP contribution in [0.4, 0.5) is 17.3 Å². The third-order valence-electron chi connectivity index (χ3n) is 6.19. The highest BCUT2D eigenvalue weighted by molar-refractivity contribution is 6.06. The number of aryl methyl sites for hydroxylation is 1. The van der Waals surface area contributed by atoms with Gasteiger partial charge in [-0.3, -0.25) is 14.9 Å². The van der Waals surface area contributed by atoms with Crippen molar-refractivity contribution < 1.29 is 14.5 Å². The van der Waals surface area contributed by atoms with Crippen LogP contribution in [-0.4, -0.2) is 32.7 Å². The van der Waals surface area contributed by atoms with Gasteiger partial charge >= 0.3 is 0 Å². The summed E-state index contributed by atoms with van der Waals surface area (Å²) in [6.07, 6.45) is 0. The molecule has 2 N–H and O–H groups in total. The molecule has 1 atom stereocenters. The summed E-state index contributed by atoms with van der Waals surface area (Å²) in [7, 11) is 1.52. The number of anilines is 2. The molecule has 1 aromatic heterocycles. The van der Waals surface area contributed by atoms with Crippen LogP contribution < -0.4 is 15.4 Å². The number of nitrogens with one attached hydrogen (secondary N) is 2. The zero-order valence-corrected chi connectivity index (χ0v) is 20.4. The van der Waals surface area contributed by atoms with Crippen molar-refractivity contribution in [2.75, 3.05) is 17.7 Å². The Morgan fingerprint density at radius 3 is 2.49 bits per heavy atom. The van der Waals surface area contributed by atoms with Gasteiger partial charge in [0.2, 0.25) is 5.95 Å². The van der Waals surface area contributed by atoms with E-state index in [1.807, 2.05) is 31.2 Å². The third kappa shape index (κ3) is 4.40. The molecule has 1 amide bonds. The summed E-state index contributed by atoms with van der Waals surface area (Å²) in [6, 6.07) is 20.2. The van der Waals surface area contributed by atoms with Gasteiger partial charge in [0.15, 0.2) is 5.82 Å². The van der Waals surface area contributed by atoms with E-state index < -0.39 is 16.9 Å². The molecule has 0 bridgehead atoms. The van der Waals surface area contributed by atoms with E-state index in [1.54, 1.807) is 49.4 Å². The first-order valence-corrected chi connectivity index (χ1v) is 11.6. The number of carbonyl (C=O) groups excluding carboxylic acids is 1. The molecule has 37 heavy (non-hydrogen) atoms. The highest BCUT2D eigenvalue weighted by Crippen LogP contribution is 2.40. The van der Waals surface area contributed by atoms with E-state index in [4.69, 9.17) is 9.84 Å². The van der Waals surface area contributed by atoms with Gasteiger partial charge in [0.05, 0.1) is 28.9 Å². The van der Waals surface area contributed by atoms with Crippen LogP contribution in [0.1, 0.15) is 24.1 Å². The molecule has 0 fully saturated rings. The first-order chi connectivity index (χ1) is 17.9. The molecule has 1 aliphatic heterocycles. The number of ether oxygens (including phenoxy) is 1. The largest absolute Gasteiger partial charge is 0.495 e. The topological polar surface area (TPSA) is 124 Å². The van der Waals surface area contributed by atoms with Crippen molar-refractivity contribution in [3.05, 3.63) is 105 Å². The lowest BCUT2D eigenvalue weighted by Crippen LogP contribution is -2.32. The summed E-state index contributed by atoms with van der Waals surface area (Å²) in [5, 5.41) is 22.7. The van der Waals surface area contributed by atoms with Crippen LogP contribution >= 0.6 is 0 Å². The molecule has 0 radical (unpaired) electrons. The van der Waals surface area contributed by atoms with Crippen molar-refractivity contribution in [3.8, 4) is 17.1 Å². The average molecular weight is 497 g/mol. The van der Waals surface area contributed by atoms with Crippen molar-refractivity contribution in [3.63, 3.8) is 0 Å². The standard InChI is InChI=1S/C27H24N6O4/c1-16-12-14-18(15-13-16)25-30-27-28-17(2)23(26(34)29-20-9-5-7-11-22(20)37-3)24(32(27)31-25)19-8-4-6-10-21(19)33(35)36/h4-15,24H,1-3H3,(H,29,34)(H,28,30,31)/t24-/m1/s1. The Labute approximate surface area is 212 Å². The minimum Gasteiger partial charge on any atom is -0.495 e. The number of nitrogens with zero attached hydrogens (tertiary/aromatic N) is 4. The number of amides is 1. The van der Waals surface area contributed by atoms with Gasteiger partial charge in [-0.05, 0) is 32.0 Å². The normalized spacial score (nSPS) is 14.5. The van der Waals surface area contributed by atoms with Gasteiger partial charge in [0, 0.05) is 17.3 Å². The van der Waals surface area contributed by atoms with Crippen LogP contribution in [0.2, 0.25) is 0 Å². The molecule has 5 rings (SSSR count). The van der Waals surface area contributed by atoms with Crippen LogP contribution in [-0.2, 0) is 4.79 Å². The smallest absolute Gasteiger partial charge is 0.275 e. The van der Waals surface area contributed by atoms with Gasteiger partial charge in [-0.25, -0.2) is 4.68 Å². The fraction of sp³-hybridized carbons (Fsp3) is 0.148. The summed E-state index contributed by atoms with van der Waals surface area (Å²) < 4.78 is 6.91. The molecule has 0 saturated carbocycles. The first kappa shape index (κ1) is 23.7. The maximum Gasteiger partial charge on any atom is 0.275 e. The predicted molar refractivity (Wildman–Crippen MR) is 139 cm³/mol. The fourth-order valence-corrected chi connectivity index (χ4v) is 4.38. The lowest BCUT2D eigenvalue weighted by atomic mass is 9.93. The minimum atomic E-state index is -0.903. The van der Waals surface area contributed by atoms with Crippen LogP contribution in [0.25, 0.3) is 11.4 Å². The zero-order valence-electron chi connectivity index (χ0n) is 20.4. The fourth-order valence-electron chi connectivity index (χ4n) is 4.38. The van der Waals surface area contributed by atoms with Gasteiger partial charge in [0.1, 0.15) is 11.8 Å². The molecular weight excluding hydrogens is 472 g/mol. The molecule has 4 aromatic rings. The molecule has 0 unspecified atom stereocenters. The van der Waals surface area contributed by atoms with Crippen molar-refractivity contribution >= 4 is 23.2 Å². The molecule has 0 saturated heterocycles. The number of para-hydroxylation sites is 3. The van der Waals surface area contributed by atoms with Crippen LogP contribution in [0.5, 0.6) is 5.75 Å². The van der Waals surface area contributed by atoms with E-state index in [1.165, 1.54) is 17.9 Å². The van der Waals surface area contributed by atoms with Gasteiger partial charge in [-0.1, -0.05) is 54.1 Å². The Hall–Kier alpha value is -4.99. The second-order valence-electron chi connectivity index (χ2n) is 8.61. The van der Waals surface area contributed by atoms with E-state index in [2.05, 4.69) is 15.6 Å². The summed E-state index contributed by atoms with van der Waals surface area (Å²) in [4.78, 5) is 29.9. The van der Waals surface area contributed by atoms with E-state index in [9.17, 15) is 14.9 Å². The lowest BCUT2D eigenvalue weighted by molar-refractivity contribution is -0.385. The number of allylic oxidation sites excluding steroid dienone is 1. The maximum absolute atomic E-state index is 13.7. The van der Waals surface area contributed by atoms with Crippen molar-refractivity contribution in [1.82, 2.24) is 14.8 Å². The number of hydrogen-bond donors (Lipinski definition) is 2. The number of nitro benzene ring substituents is 1. The SMILES string of the molecule is COc1ccccc1NC(=O)C1=C(C)Nc2nc(-c3ccc(C)cc3)nn2[C@@H]1c1ccccc1[N+](=O)[O-]. The van der Waals surface area contributed by atoms with Gasteiger partial charge in [-0.2, -0.15) is 4.98 Å². The van der Waals surface area contributed by atoms with Crippen molar-refractivity contribution in [1.29, 1.82) is 0 Å². The molecule has 10 heteroatoms. The Morgan fingerprint density at radius 2 is 1.76 bits per heavy atom. The van der Waals surface area contributed by atoms with E-state index >= 15 is 0 Å². The third-order valence-corrected chi connectivity index (χ3v) is 6.19. The van der Waals surface area contributed by atoms with E-state index in [0.29, 0.717) is 34.5 Å². The van der Waals surface area contributed by atoms with Gasteiger partial charge < -0.3 is 15.4 Å². The van der Waals surface area contributed by atoms with Crippen molar-refractivity contribution in [2.24, 2.45) is 0 Å². The summed E-state index contributed by atoms with van der Waals surface area (Å²) in [6.45, 7) is 3.73. The number of aromatic nitrogens is 3. The first-order valence-electron chi connectivity index (χ1n) is 11.6. The van der Waals surface area contributed by atoms with Gasteiger partial charge in [-0.15, -0.1) is 5.10 Å². The molecule has 1 aliphatic rings. The Morgan fingerprint density at radius 1 is 1.05 bits per heavy atom. The molecular formula is C27H24N6O4. The second kappa shape index (κ2) is 9.57. The monoisotopic (exact) mass is 496 g/mol. The van der Waals surface area contributed by atoms with Crippen LogP contribution in [0, 0.1) is 17.0 Å². The molecule has 0 spiro atoms. The van der Waals surface area contributed by atoms with Crippen LogP contribution in [0.3, 0.4) is 0 Å². The van der Waals surface area contributed by atoms with Gasteiger partial charge in [0.25, 0.3) is 11.6 Å². The Bertz CT molecular complexity index is 1540. The quantitative estimate of drug-likeness (QED) is 0.281. The Kier molecular flexibility index (Phi) is 6.14. The molecule has 186 valence electrons. The predicted octanol–water partition coefficient (Wildman–Crippen LogP) is 5.10. The number of hydrogen-bond acceptors (Lipinski definition) is 7. The Balaban J connectivity index is 1.65. The summed E-state index contributed by atoms with van der Waals surface area (Å²) >= 11 is 0. The zero-order chi connectivity index (χ0) is 26.1. The number of methoxy groups -OCH3 is 1. The lowest BCUT2D eigenvalue weighted by Gasteiger charge is -2.28. The highest BCUT2D eigenvalue weighted by Gasteiger charge is 2.38. The number of benzene rings is 3. The average Bonchev–Trinajstić information content (AvgIpc) is 3.32. The number of nitro groups is 1. The molecule has 3 aromatic carbocycles. The number of carbonyl (C=O) groups is 1. The maximum atomic E-state index is 13.7. The van der Waals surface area contributed by atoms with E-state index in [0.717, 1.165) is 11.1 Å². The number of rotatable bonds is 6. The summed E-state index contributed by atoms with van der Waals surface area (Å²) in [5.74, 6) is 0.856.